The van der Waals surface area contributed by atoms with Crippen molar-refractivity contribution in [3.8, 4) is 22.1 Å². The van der Waals surface area contributed by atoms with E-state index in [2.05, 4.69) is 19.9 Å². The molecule has 0 aliphatic heterocycles. The summed E-state index contributed by atoms with van der Waals surface area (Å²) in [5.41, 5.74) is 3.02. The Bertz CT molecular complexity index is 1370. The van der Waals surface area contributed by atoms with Gasteiger partial charge in [0.2, 0.25) is 0 Å². The third-order valence-electron chi connectivity index (χ3n) is 4.76. The molecule has 0 fully saturated rings. The van der Waals surface area contributed by atoms with Crippen molar-refractivity contribution in [3.63, 3.8) is 0 Å². The highest BCUT2D eigenvalue weighted by atomic mass is 32.1. The Kier molecular flexibility index (Phi) is 4.25. The van der Waals surface area contributed by atoms with Gasteiger partial charge in [-0.3, -0.25) is 14.8 Å². The molecule has 4 aromatic heterocycles. The Morgan fingerprint density at radius 2 is 2.00 bits per heavy atom. The molecule has 8 heteroatoms. The molecule has 1 aromatic carbocycles. The van der Waals surface area contributed by atoms with Gasteiger partial charge in [-0.05, 0) is 17.5 Å². The first-order chi connectivity index (χ1) is 14.2. The maximum absolute atomic E-state index is 13.0. The minimum atomic E-state index is -0.0744. The Balaban J connectivity index is 1.53. The molecule has 29 heavy (non-hydrogen) atoms. The molecular weight excluding hydrogens is 384 g/mol. The Morgan fingerprint density at radius 1 is 1.10 bits per heavy atom. The topological polar surface area (TPSA) is 78.5 Å². The smallest absolute Gasteiger partial charge is 0.261 e. The molecule has 0 aliphatic carbocycles. The van der Waals surface area contributed by atoms with E-state index < -0.39 is 0 Å². The largest absolute Gasteiger partial charge is 0.325 e. The minimum Gasteiger partial charge on any atom is -0.325 e. The van der Waals surface area contributed by atoms with E-state index in [4.69, 9.17) is 0 Å². The summed E-state index contributed by atoms with van der Waals surface area (Å²) in [5, 5.41) is 3.81. The SMILES string of the molecule is Cn1c(=O)c(-c2nccn2Cc2csc(-c3cnccn3)n2)cc2ccccc21. The van der Waals surface area contributed by atoms with Crippen LogP contribution < -0.4 is 5.56 Å². The van der Waals surface area contributed by atoms with Crippen LogP contribution in [0.2, 0.25) is 0 Å². The zero-order valence-corrected chi connectivity index (χ0v) is 16.4. The molecule has 5 aromatic rings. The van der Waals surface area contributed by atoms with E-state index >= 15 is 0 Å². The van der Waals surface area contributed by atoms with Crippen molar-refractivity contribution in [1.29, 1.82) is 0 Å². The number of rotatable bonds is 4. The average molecular weight is 400 g/mol. The zero-order chi connectivity index (χ0) is 19.8. The fourth-order valence-corrected chi connectivity index (χ4v) is 4.12. The lowest BCUT2D eigenvalue weighted by atomic mass is 10.1. The summed E-state index contributed by atoms with van der Waals surface area (Å²) in [6, 6.07) is 9.74. The number of hydrogen-bond acceptors (Lipinski definition) is 6. The molecule has 0 radical (unpaired) electrons. The first-order valence-electron chi connectivity index (χ1n) is 9.02. The lowest BCUT2D eigenvalue weighted by molar-refractivity contribution is 0.784. The quantitative estimate of drug-likeness (QED) is 0.462. The van der Waals surface area contributed by atoms with Crippen LogP contribution >= 0.6 is 11.3 Å². The summed E-state index contributed by atoms with van der Waals surface area (Å²) in [4.78, 5) is 30.5. The third kappa shape index (κ3) is 3.13. The molecule has 0 saturated heterocycles. The number of aromatic nitrogens is 6. The number of pyridine rings is 1. The van der Waals surface area contributed by atoms with Crippen LogP contribution in [-0.2, 0) is 13.6 Å². The van der Waals surface area contributed by atoms with Crippen LogP contribution in [0.15, 0.2) is 71.5 Å². The highest BCUT2D eigenvalue weighted by Crippen LogP contribution is 2.23. The summed E-state index contributed by atoms with van der Waals surface area (Å²) in [6.07, 6.45) is 8.56. The van der Waals surface area contributed by atoms with E-state index in [9.17, 15) is 4.79 Å². The number of thiazole rings is 1. The van der Waals surface area contributed by atoms with Gasteiger partial charge in [-0.25, -0.2) is 9.97 Å². The monoisotopic (exact) mass is 400 g/mol. The van der Waals surface area contributed by atoms with Gasteiger partial charge >= 0.3 is 0 Å². The van der Waals surface area contributed by atoms with Crippen molar-refractivity contribution >= 4 is 22.2 Å². The molecule has 0 amide bonds. The van der Waals surface area contributed by atoms with Crippen molar-refractivity contribution in [1.82, 2.24) is 29.1 Å². The van der Waals surface area contributed by atoms with Gasteiger partial charge in [-0.15, -0.1) is 11.3 Å². The van der Waals surface area contributed by atoms with E-state index in [1.807, 2.05) is 46.5 Å². The second-order valence-electron chi connectivity index (χ2n) is 6.59. The fourth-order valence-electron chi connectivity index (χ4n) is 3.34. The number of imidazole rings is 1. The van der Waals surface area contributed by atoms with Crippen molar-refractivity contribution < 1.29 is 0 Å². The third-order valence-corrected chi connectivity index (χ3v) is 5.67. The molecule has 142 valence electrons. The van der Waals surface area contributed by atoms with Crippen LogP contribution in [0.25, 0.3) is 33.0 Å². The molecule has 0 N–H and O–H groups in total. The van der Waals surface area contributed by atoms with Gasteiger partial charge < -0.3 is 9.13 Å². The first-order valence-corrected chi connectivity index (χ1v) is 9.90. The van der Waals surface area contributed by atoms with Gasteiger partial charge in [0, 0.05) is 37.2 Å². The van der Waals surface area contributed by atoms with Gasteiger partial charge in [-0.2, -0.15) is 0 Å². The van der Waals surface area contributed by atoms with Crippen molar-refractivity contribution in [3.05, 3.63) is 82.7 Å². The van der Waals surface area contributed by atoms with Crippen LogP contribution in [0.3, 0.4) is 0 Å². The number of aryl methyl sites for hydroxylation is 1. The zero-order valence-electron chi connectivity index (χ0n) is 15.6. The molecule has 0 unspecified atom stereocenters. The molecule has 0 bridgehead atoms. The second-order valence-corrected chi connectivity index (χ2v) is 7.45. The van der Waals surface area contributed by atoms with Gasteiger partial charge in [0.15, 0.2) is 0 Å². The first kappa shape index (κ1) is 17.4. The summed E-state index contributed by atoms with van der Waals surface area (Å²) >= 11 is 1.52. The van der Waals surface area contributed by atoms with E-state index in [0.29, 0.717) is 17.9 Å². The standard InChI is InChI=1S/C21H16N6OS/c1-26-18-5-3-2-4-14(18)10-16(21(26)28)19-24-8-9-27(19)12-15-13-29-20(25-15)17-11-22-6-7-23-17/h2-11,13H,12H2,1H3. The van der Waals surface area contributed by atoms with Crippen molar-refractivity contribution in [2.24, 2.45) is 7.05 Å². The Hall–Kier alpha value is -3.65. The van der Waals surface area contributed by atoms with Crippen LogP contribution in [0, 0.1) is 0 Å². The van der Waals surface area contributed by atoms with Gasteiger partial charge in [0.05, 0.1) is 29.5 Å². The number of fused-ring (bicyclic) bond motifs is 1. The van der Waals surface area contributed by atoms with Crippen LogP contribution in [0.1, 0.15) is 5.69 Å². The summed E-state index contributed by atoms with van der Waals surface area (Å²) < 4.78 is 3.61. The van der Waals surface area contributed by atoms with Crippen molar-refractivity contribution in [2.45, 2.75) is 6.54 Å². The van der Waals surface area contributed by atoms with E-state index in [1.165, 1.54) is 11.3 Å². The molecule has 7 nitrogen and oxygen atoms in total. The molecule has 5 rings (SSSR count). The van der Waals surface area contributed by atoms with Crippen LogP contribution in [-0.4, -0.2) is 29.1 Å². The number of nitrogens with zero attached hydrogens (tertiary/aromatic N) is 6. The number of para-hydroxylation sites is 1. The summed E-state index contributed by atoms with van der Waals surface area (Å²) in [6.45, 7) is 0.516. The fraction of sp³-hybridized carbons (Fsp3) is 0.0952. The maximum atomic E-state index is 13.0. The normalized spacial score (nSPS) is 11.2. The Morgan fingerprint density at radius 3 is 2.86 bits per heavy atom. The molecule has 4 heterocycles. The molecule has 0 aliphatic rings. The van der Waals surface area contributed by atoms with Crippen LogP contribution in [0.5, 0.6) is 0 Å². The lowest BCUT2D eigenvalue weighted by Gasteiger charge is -2.10. The molecule has 0 atom stereocenters. The lowest BCUT2D eigenvalue weighted by Crippen LogP contribution is -2.20. The van der Waals surface area contributed by atoms with E-state index in [-0.39, 0.29) is 5.56 Å². The predicted octanol–water partition coefficient (Wildman–Crippen LogP) is 3.36. The maximum Gasteiger partial charge on any atom is 0.261 e. The van der Waals surface area contributed by atoms with Gasteiger partial charge in [-0.1, -0.05) is 18.2 Å². The van der Waals surface area contributed by atoms with Gasteiger partial charge in [0.1, 0.15) is 16.5 Å². The highest BCUT2D eigenvalue weighted by Gasteiger charge is 2.15. The number of hydrogen-bond donors (Lipinski definition) is 0. The Labute approximate surface area is 170 Å². The summed E-state index contributed by atoms with van der Waals surface area (Å²) in [7, 11) is 1.79. The molecule has 0 spiro atoms. The number of benzene rings is 1. The molecule has 0 saturated carbocycles. The average Bonchev–Trinajstić information content (AvgIpc) is 3.41. The van der Waals surface area contributed by atoms with Crippen molar-refractivity contribution in [2.75, 3.05) is 0 Å². The summed E-state index contributed by atoms with van der Waals surface area (Å²) in [5.74, 6) is 0.630. The second kappa shape index (κ2) is 7.06. The predicted molar refractivity (Wildman–Crippen MR) is 113 cm³/mol. The minimum absolute atomic E-state index is 0.0744. The van der Waals surface area contributed by atoms with Crippen LogP contribution in [0.4, 0.5) is 0 Å². The highest BCUT2D eigenvalue weighted by molar-refractivity contribution is 7.13. The van der Waals surface area contributed by atoms with E-state index in [1.54, 1.807) is 36.4 Å². The van der Waals surface area contributed by atoms with Gasteiger partial charge in [0.25, 0.3) is 5.56 Å². The molecular formula is C21H16N6OS. The van der Waals surface area contributed by atoms with E-state index in [0.717, 1.165) is 27.3 Å².